The van der Waals surface area contributed by atoms with E-state index in [1.807, 2.05) is 13.8 Å². The van der Waals surface area contributed by atoms with Gasteiger partial charge in [0, 0.05) is 12.1 Å². The first-order valence-corrected chi connectivity index (χ1v) is 13.5. The fourth-order valence-corrected chi connectivity index (χ4v) is 6.17. The lowest BCUT2D eigenvalue weighted by Crippen LogP contribution is -2.52. The Morgan fingerprint density at radius 1 is 0.762 bits per heavy atom. The van der Waals surface area contributed by atoms with Gasteiger partial charge in [-0.1, -0.05) is 42.5 Å². The minimum absolute atomic E-state index is 0.0376. The number of amides is 2. The van der Waals surface area contributed by atoms with Crippen molar-refractivity contribution in [3.05, 3.63) is 146 Å². The number of benzene rings is 4. The molecule has 0 aliphatic carbocycles. The Morgan fingerprint density at radius 2 is 1.36 bits per heavy atom. The summed E-state index contributed by atoms with van der Waals surface area (Å²) in [4.78, 5) is 46.4. The molecule has 42 heavy (non-hydrogen) atoms. The smallest absolute Gasteiger partial charge is 0.291 e. The summed E-state index contributed by atoms with van der Waals surface area (Å²) in [6.45, 7) is 3.77. The van der Waals surface area contributed by atoms with Gasteiger partial charge in [-0.25, -0.2) is 8.78 Å². The highest BCUT2D eigenvalue weighted by molar-refractivity contribution is 6.17. The number of fused-ring (bicyclic) bond motifs is 5. The van der Waals surface area contributed by atoms with Crippen LogP contribution in [0.5, 0.6) is 0 Å². The van der Waals surface area contributed by atoms with E-state index in [0.29, 0.717) is 22.4 Å². The average molecular weight is 563 g/mol. The SMILES string of the molecule is Cc1cc2oc3c(c(=O)c2cc1C)C1(C(=O)N(Cc2ccc(F)cc2)c2ccccc21)N(Cc1ccc(F)cc1)C3=O. The van der Waals surface area contributed by atoms with Crippen LogP contribution in [0.2, 0.25) is 0 Å². The Kier molecular flexibility index (Phi) is 5.66. The number of carbonyl (C=O) groups is 2. The fourth-order valence-electron chi connectivity index (χ4n) is 6.17. The van der Waals surface area contributed by atoms with E-state index in [1.54, 1.807) is 60.7 Å². The normalized spacial score (nSPS) is 17.4. The van der Waals surface area contributed by atoms with E-state index in [-0.39, 0.29) is 35.4 Å². The molecule has 7 rings (SSSR count). The van der Waals surface area contributed by atoms with Crippen LogP contribution in [0.3, 0.4) is 0 Å². The monoisotopic (exact) mass is 562 g/mol. The van der Waals surface area contributed by atoms with Crippen LogP contribution >= 0.6 is 0 Å². The van der Waals surface area contributed by atoms with Crippen LogP contribution in [0, 0.1) is 25.5 Å². The predicted molar refractivity (Wildman–Crippen MR) is 153 cm³/mol. The molecule has 0 saturated carbocycles. The van der Waals surface area contributed by atoms with Crippen molar-refractivity contribution in [1.29, 1.82) is 0 Å². The van der Waals surface area contributed by atoms with Crippen LogP contribution in [0.4, 0.5) is 14.5 Å². The molecule has 2 amide bonds. The van der Waals surface area contributed by atoms with E-state index in [1.165, 1.54) is 34.1 Å². The second-order valence-corrected chi connectivity index (χ2v) is 10.8. The predicted octanol–water partition coefficient (Wildman–Crippen LogP) is 6.13. The van der Waals surface area contributed by atoms with Crippen molar-refractivity contribution in [2.75, 3.05) is 4.90 Å². The number of hydrogen-bond acceptors (Lipinski definition) is 4. The van der Waals surface area contributed by atoms with Crippen molar-refractivity contribution in [2.24, 2.45) is 0 Å². The highest BCUT2D eigenvalue weighted by Crippen LogP contribution is 2.53. The van der Waals surface area contributed by atoms with Crippen LogP contribution in [0.25, 0.3) is 11.0 Å². The Labute approximate surface area is 239 Å². The van der Waals surface area contributed by atoms with Crippen LogP contribution in [0.15, 0.2) is 94.1 Å². The van der Waals surface area contributed by atoms with Crippen LogP contribution < -0.4 is 10.3 Å². The fraction of sp³-hybridized carbons (Fsp3) is 0.147. The van der Waals surface area contributed by atoms with Crippen LogP contribution in [-0.4, -0.2) is 16.7 Å². The molecular weight excluding hydrogens is 538 g/mol. The molecule has 3 heterocycles. The quantitative estimate of drug-likeness (QED) is 0.264. The molecule has 0 bridgehead atoms. The molecule has 0 fully saturated rings. The van der Waals surface area contributed by atoms with E-state index < -0.39 is 34.4 Å². The van der Waals surface area contributed by atoms with E-state index in [4.69, 9.17) is 4.42 Å². The summed E-state index contributed by atoms with van der Waals surface area (Å²) in [7, 11) is 0. The minimum Gasteiger partial charge on any atom is -0.450 e. The molecule has 4 aromatic carbocycles. The maximum absolute atomic E-state index is 14.8. The molecule has 2 aliphatic heterocycles. The van der Waals surface area contributed by atoms with Gasteiger partial charge in [0.05, 0.1) is 23.2 Å². The molecule has 5 aromatic rings. The van der Waals surface area contributed by atoms with Gasteiger partial charge in [-0.05, 0) is 78.6 Å². The summed E-state index contributed by atoms with van der Waals surface area (Å²) in [6.07, 6.45) is 0. The van der Waals surface area contributed by atoms with Gasteiger partial charge in [-0.2, -0.15) is 0 Å². The van der Waals surface area contributed by atoms with Crippen molar-refractivity contribution < 1.29 is 22.8 Å². The average Bonchev–Trinajstić information content (AvgIpc) is 3.37. The number of hydrogen-bond donors (Lipinski definition) is 0. The van der Waals surface area contributed by atoms with Gasteiger partial charge >= 0.3 is 0 Å². The first-order valence-electron chi connectivity index (χ1n) is 13.5. The van der Waals surface area contributed by atoms with E-state index in [2.05, 4.69) is 0 Å². The molecule has 208 valence electrons. The van der Waals surface area contributed by atoms with Crippen molar-refractivity contribution in [3.8, 4) is 0 Å². The summed E-state index contributed by atoms with van der Waals surface area (Å²) < 4.78 is 33.6. The number of carbonyl (C=O) groups excluding carboxylic acids is 2. The van der Waals surface area contributed by atoms with Crippen LogP contribution in [-0.2, 0) is 23.4 Å². The van der Waals surface area contributed by atoms with Crippen LogP contribution in [0.1, 0.15) is 43.9 Å². The van der Waals surface area contributed by atoms with E-state index in [9.17, 15) is 23.2 Å². The zero-order chi connectivity index (χ0) is 29.3. The first kappa shape index (κ1) is 25.8. The third-order valence-electron chi connectivity index (χ3n) is 8.36. The maximum atomic E-state index is 14.8. The van der Waals surface area contributed by atoms with Crippen molar-refractivity contribution in [1.82, 2.24) is 4.90 Å². The van der Waals surface area contributed by atoms with Gasteiger partial charge in [-0.3, -0.25) is 14.4 Å². The molecule has 1 atom stereocenters. The molecule has 1 spiro atoms. The molecule has 6 nitrogen and oxygen atoms in total. The summed E-state index contributed by atoms with van der Waals surface area (Å²) >= 11 is 0. The van der Waals surface area contributed by atoms with Gasteiger partial charge in [-0.15, -0.1) is 0 Å². The number of anilines is 1. The Bertz CT molecular complexity index is 2000. The number of para-hydroxylation sites is 1. The van der Waals surface area contributed by atoms with Gasteiger partial charge in [0.15, 0.2) is 11.0 Å². The Hall–Kier alpha value is -5.11. The molecule has 1 aromatic heterocycles. The number of halogens is 2. The zero-order valence-corrected chi connectivity index (χ0v) is 22.8. The molecule has 0 saturated heterocycles. The standard InChI is InChI=1S/C34H24F2N2O4/c1-19-15-25-28(16-20(19)2)42-31-29(30(25)39)34(38(32(31)40)18-22-9-13-24(36)14-10-22)26-5-3-4-6-27(26)37(33(34)41)17-21-7-11-23(35)12-8-21/h3-16H,17-18H2,1-2H3. The zero-order valence-electron chi connectivity index (χ0n) is 22.8. The lowest BCUT2D eigenvalue weighted by molar-refractivity contribution is -0.126. The number of nitrogens with zero attached hydrogens (tertiary/aromatic N) is 2. The Morgan fingerprint density at radius 3 is 2.02 bits per heavy atom. The Balaban J connectivity index is 1.51. The first-order chi connectivity index (χ1) is 20.2. The van der Waals surface area contributed by atoms with Crippen molar-refractivity contribution in [2.45, 2.75) is 32.5 Å². The van der Waals surface area contributed by atoms with Gasteiger partial charge < -0.3 is 14.2 Å². The molecule has 0 radical (unpaired) electrons. The lowest BCUT2D eigenvalue weighted by atomic mass is 9.83. The maximum Gasteiger partial charge on any atom is 0.291 e. The summed E-state index contributed by atoms with van der Waals surface area (Å²) in [5.74, 6) is -2.15. The summed E-state index contributed by atoms with van der Waals surface area (Å²) in [6, 6.07) is 21.9. The molecule has 2 aliphatic rings. The van der Waals surface area contributed by atoms with Gasteiger partial charge in [0.25, 0.3) is 11.8 Å². The van der Waals surface area contributed by atoms with E-state index in [0.717, 1.165) is 11.1 Å². The van der Waals surface area contributed by atoms with Crippen molar-refractivity contribution >= 4 is 28.5 Å². The second kappa shape index (κ2) is 9.21. The topological polar surface area (TPSA) is 70.8 Å². The third kappa shape index (κ3) is 3.57. The minimum atomic E-state index is -1.83. The lowest BCUT2D eigenvalue weighted by Gasteiger charge is -2.34. The van der Waals surface area contributed by atoms with Gasteiger partial charge in [0.1, 0.15) is 17.2 Å². The number of rotatable bonds is 4. The summed E-state index contributed by atoms with van der Waals surface area (Å²) in [5, 5.41) is 0.273. The number of aryl methyl sites for hydroxylation is 2. The van der Waals surface area contributed by atoms with E-state index >= 15 is 0 Å². The van der Waals surface area contributed by atoms with Crippen molar-refractivity contribution in [3.63, 3.8) is 0 Å². The van der Waals surface area contributed by atoms with Gasteiger partial charge in [0.2, 0.25) is 5.76 Å². The molecule has 8 heteroatoms. The summed E-state index contributed by atoms with van der Waals surface area (Å²) in [5.41, 5.74) is 1.92. The largest absolute Gasteiger partial charge is 0.450 e. The molecular formula is C34H24F2N2O4. The molecule has 1 unspecified atom stereocenters. The highest BCUT2D eigenvalue weighted by atomic mass is 19.1. The second-order valence-electron chi connectivity index (χ2n) is 10.8. The molecule has 0 N–H and O–H groups in total. The third-order valence-corrected chi connectivity index (χ3v) is 8.36. The highest BCUT2D eigenvalue weighted by Gasteiger charge is 2.65.